The van der Waals surface area contributed by atoms with Crippen LogP contribution in [0.25, 0.3) is 0 Å². The van der Waals surface area contributed by atoms with Gasteiger partial charge in [-0.3, -0.25) is 5.01 Å². The first kappa shape index (κ1) is 14.6. The molecule has 1 rings (SSSR count). The van der Waals surface area contributed by atoms with Crippen molar-refractivity contribution in [1.29, 1.82) is 0 Å². The van der Waals surface area contributed by atoms with Gasteiger partial charge in [-0.05, 0) is 19.1 Å². The molecule has 6 nitrogen and oxygen atoms in total. The number of carbonyl (C=O) groups is 1. The molecule has 0 saturated carbocycles. The molecule has 1 aromatic rings. The summed E-state index contributed by atoms with van der Waals surface area (Å²) in [5.41, 5.74) is 1.28. The molecule has 0 fully saturated rings. The molecule has 0 aliphatic heterocycles. The van der Waals surface area contributed by atoms with Crippen molar-refractivity contribution >= 4 is 24.3 Å². The van der Waals surface area contributed by atoms with Gasteiger partial charge in [-0.15, -0.1) is 0 Å². The minimum Gasteiger partial charge on any atom is -0.493 e. The largest absolute Gasteiger partial charge is 0.493 e. The zero-order valence-corrected chi connectivity index (χ0v) is 11.4. The molecule has 0 radical (unpaired) electrons. The van der Waals surface area contributed by atoms with E-state index in [1.807, 2.05) is 13.0 Å². The van der Waals surface area contributed by atoms with Crippen molar-refractivity contribution in [3.63, 3.8) is 0 Å². The molecule has 0 spiro atoms. The van der Waals surface area contributed by atoms with Gasteiger partial charge in [-0.25, -0.2) is 21.5 Å². The zero-order chi connectivity index (χ0) is 13.7. The fourth-order valence-electron chi connectivity index (χ4n) is 1.50. The first-order valence-electron chi connectivity index (χ1n) is 5.45. The summed E-state index contributed by atoms with van der Waals surface area (Å²) < 4.78 is 5.47. The number of rotatable bonds is 4. The topological polar surface area (TPSA) is 84.8 Å². The third-order valence-corrected chi connectivity index (χ3v) is 2.65. The molecule has 0 atom stereocenters. The predicted molar refractivity (Wildman–Crippen MR) is 74.3 cm³/mol. The van der Waals surface area contributed by atoms with Crippen LogP contribution in [0.2, 0.25) is 0 Å². The van der Waals surface area contributed by atoms with E-state index in [0.29, 0.717) is 23.8 Å². The number of nitrogens with two attached hydrogens (primary N) is 2. The maximum Gasteiger partial charge on any atom is 0.352 e. The molecule has 1 aromatic carbocycles. The number of benzene rings is 1. The van der Waals surface area contributed by atoms with Crippen molar-refractivity contribution in [2.75, 3.05) is 18.7 Å². The Morgan fingerprint density at radius 1 is 1.44 bits per heavy atom. The smallest absolute Gasteiger partial charge is 0.352 e. The van der Waals surface area contributed by atoms with Gasteiger partial charge in [-0.1, -0.05) is 6.07 Å². The summed E-state index contributed by atoms with van der Waals surface area (Å²) in [5, 5.41) is 1.89. The lowest BCUT2D eigenvalue weighted by Crippen LogP contribution is -2.48. The quantitative estimate of drug-likeness (QED) is 0.331. The standard InChI is InChI=1S/C11H18N4O2S/c1-3-17-10-6-4-5-9(8(10)7-18)15(13)11(16)14(2)12/h4-6,18H,3,7,12-13H2,1-2H3. The minimum atomic E-state index is -0.522. The number of nitrogens with zero attached hydrogens (tertiary/aromatic N) is 2. The number of hydrazine groups is 2. The number of ether oxygens (including phenoxy) is 1. The maximum absolute atomic E-state index is 11.7. The van der Waals surface area contributed by atoms with Crippen molar-refractivity contribution in [3.8, 4) is 5.75 Å². The maximum atomic E-state index is 11.7. The lowest BCUT2D eigenvalue weighted by Gasteiger charge is -2.23. The number of carbonyl (C=O) groups excluding carboxylic acids is 1. The van der Waals surface area contributed by atoms with Gasteiger partial charge in [0.15, 0.2) is 0 Å². The SMILES string of the molecule is CCOc1cccc(N(N)C(=O)N(C)N)c1CS. The molecule has 0 unspecified atom stereocenters. The van der Waals surface area contributed by atoms with Gasteiger partial charge in [0.25, 0.3) is 0 Å². The minimum absolute atomic E-state index is 0.404. The van der Waals surface area contributed by atoms with E-state index in [1.165, 1.54) is 7.05 Å². The van der Waals surface area contributed by atoms with Crippen molar-refractivity contribution in [3.05, 3.63) is 23.8 Å². The molecule has 0 aliphatic rings. The Hall–Kier alpha value is -1.44. The van der Waals surface area contributed by atoms with Gasteiger partial charge in [0, 0.05) is 18.4 Å². The molecule has 0 bridgehead atoms. The highest BCUT2D eigenvalue weighted by atomic mass is 32.1. The molecule has 100 valence electrons. The van der Waals surface area contributed by atoms with Crippen LogP contribution in [0, 0.1) is 0 Å². The normalized spacial score (nSPS) is 10.1. The van der Waals surface area contributed by atoms with Gasteiger partial charge < -0.3 is 4.74 Å². The number of hydrogen-bond acceptors (Lipinski definition) is 5. The number of amides is 2. The summed E-state index contributed by atoms with van der Waals surface area (Å²) in [6.07, 6.45) is 0. The summed E-state index contributed by atoms with van der Waals surface area (Å²) in [6, 6.07) is 4.77. The number of thiol groups is 1. The van der Waals surface area contributed by atoms with Crippen LogP contribution in [-0.2, 0) is 5.75 Å². The second-order valence-electron chi connectivity index (χ2n) is 3.61. The third kappa shape index (κ3) is 3.06. The highest BCUT2D eigenvalue weighted by molar-refractivity contribution is 7.79. The van der Waals surface area contributed by atoms with Crippen LogP contribution < -0.4 is 21.4 Å². The van der Waals surface area contributed by atoms with Crippen LogP contribution in [0.3, 0.4) is 0 Å². The van der Waals surface area contributed by atoms with Gasteiger partial charge in [-0.2, -0.15) is 12.6 Å². The highest BCUT2D eigenvalue weighted by Crippen LogP contribution is 2.30. The van der Waals surface area contributed by atoms with E-state index in [2.05, 4.69) is 12.6 Å². The van der Waals surface area contributed by atoms with E-state index in [1.54, 1.807) is 12.1 Å². The molecule has 7 heteroatoms. The van der Waals surface area contributed by atoms with Crippen LogP contribution in [0.4, 0.5) is 10.5 Å². The number of urea groups is 1. The summed E-state index contributed by atoms with van der Waals surface area (Å²) in [5.74, 6) is 12.2. The number of hydrogen-bond donors (Lipinski definition) is 3. The molecule has 0 saturated heterocycles. The summed E-state index contributed by atoms with van der Waals surface area (Å²) in [7, 11) is 1.43. The average molecular weight is 270 g/mol. The predicted octanol–water partition coefficient (Wildman–Crippen LogP) is 1.12. The zero-order valence-electron chi connectivity index (χ0n) is 10.5. The third-order valence-electron chi connectivity index (χ3n) is 2.33. The Labute approximate surface area is 112 Å². The Balaban J connectivity index is 3.15. The van der Waals surface area contributed by atoms with E-state index in [9.17, 15) is 4.79 Å². The Kier molecular flexibility index (Phi) is 5.26. The van der Waals surface area contributed by atoms with Crippen molar-refractivity contribution in [2.45, 2.75) is 12.7 Å². The molecule has 0 heterocycles. The summed E-state index contributed by atoms with van der Waals surface area (Å²) in [6.45, 7) is 2.41. The van der Waals surface area contributed by atoms with Crippen molar-refractivity contribution < 1.29 is 9.53 Å². The van der Waals surface area contributed by atoms with Crippen LogP contribution in [-0.4, -0.2) is 24.7 Å². The van der Waals surface area contributed by atoms with Gasteiger partial charge in [0.2, 0.25) is 0 Å². The molecule has 18 heavy (non-hydrogen) atoms. The van der Waals surface area contributed by atoms with E-state index >= 15 is 0 Å². The highest BCUT2D eigenvalue weighted by Gasteiger charge is 2.19. The van der Waals surface area contributed by atoms with Gasteiger partial charge in [0.05, 0.1) is 12.3 Å². The van der Waals surface area contributed by atoms with E-state index in [-0.39, 0.29) is 0 Å². The van der Waals surface area contributed by atoms with Crippen LogP contribution in [0.5, 0.6) is 5.75 Å². The van der Waals surface area contributed by atoms with Crippen LogP contribution in [0.15, 0.2) is 18.2 Å². The lowest BCUT2D eigenvalue weighted by molar-refractivity contribution is 0.216. The van der Waals surface area contributed by atoms with Gasteiger partial charge in [0.1, 0.15) is 5.75 Å². The summed E-state index contributed by atoms with van der Waals surface area (Å²) >= 11 is 4.24. The van der Waals surface area contributed by atoms with E-state index in [4.69, 9.17) is 16.4 Å². The molecule has 0 aromatic heterocycles. The second kappa shape index (κ2) is 6.48. The van der Waals surface area contributed by atoms with E-state index in [0.717, 1.165) is 15.6 Å². The van der Waals surface area contributed by atoms with Crippen molar-refractivity contribution in [2.24, 2.45) is 11.7 Å². The van der Waals surface area contributed by atoms with Crippen LogP contribution >= 0.6 is 12.6 Å². The Morgan fingerprint density at radius 3 is 2.61 bits per heavy atom. The molecular formula is C11H18N4O2S. The first-order valence-corrected chi connectivity index (χ1v) is 6.08. The van der Waals surface area contributed by atoms with Crippen LogP contribution in [0.1, 0.15) is 12.5 Å². The molecular weight excluding hydrogens is 252 g/mol. The number of anilines is 1. The second-order valence-corrected chi connectivity index (χ2v) is 3.92. The monoisotopic (exact) mass is 270 g/mol. The lowest BCUT2D eigenvalue weighted by atomic mass is 10.1. The molecule has 0 aliphatic carbocycles. The fourth-order valence-corrected chi connectivity index (χ4v) is 1.82. The van der Waals surface area contributed by atoms with Gasteiger partial charge >= 0.3 is 6.03 Å². The average Bonchev–Trinajstić information content (AvgIpc) is 2.37. The first-order chi connectivity index (χ1) is 8.52. The fraction of sp³-hybridized carbons (Fsp3) is 0.364. The Bertz CT molecular complexity index is 426. The molecule has 2 amide bonds. The van der Waals surface area contributed by atoms with Crippen molar-refractivity contribution in [1.82, 2.24) is 5.01 Å². The summed E-state index contributed by atoms with van der Waals surface area (Å²) in [4.78, 5) is 11.7. The Morgan fingerprint density at radius 2 is 2.11 bits per heavy atom. The molecule has 4 N–H and O–H groups in total. The van der Waals surface area contributed by atoms with E-state index < -0.39 is 6.03 Å².